The number of carbonyl (C=O) groups is 1. The summed E-state index contributed by atoms with van der Waals surface area (Å²) in [7, 11) is 1.90. The topological polar surface area (TPSA) is 94.0 Å². The average molecular weight is 398 g/mol. The van der Waals surface area contributed by atoms with E-state index in [-0.39, 0.29) is 5.91 Å². The highest BCUT2D eigenvalue weighted by atomic mass is 32.2. The van der Waals surface area contributed by atoms with Gasteiger partial charge in [-0.1, -0.05) is 24.3 Å². The molecular weight excluding hydrogens is 380 g/mol. The molecule has 2 aromatic carbocycles. The summed E-state index contributed by atoms with van der Waals surface area (Å²) in [5.41, 5.74) is 2.53. The zero-order valence-electron chi connectivity index (χ0n) is 15.1. The van der Waals surface area contributed by atoms with E-state index in [2.05, 4.69) is 10.1 Å². The van der Waals surface area contributed by atoms with Crippen molar-refractivity contribution in [2.75, 3.05) is 25.1 Å². The standard InChI is InChI=1S/C19H18N4O4S/c1-22(19-20-15-4-2-3-5-16(15)27-19)10-11-26-14-8-6-13(7-9-14)12-17-18(24)21-23(25)28-17/h2-9,17H,10-12H2,1H3. The maximum absolute atomic E-state index is 11.6. The fourth-order valence-corrected chi connectivity index (χ4v) is 3.55. The number of ether oxygens (including phenoxy) is 1. The third-order valence-electron chi connectivity index (χ3n) is 4.32. The predicted molar refractivity (Wildman–Crippen MR) is 105 cm³/mol. The summed E-state index contributed by atoms with van der Waals surface area (Å²) in [5.74, 6) is 0.345. The van der Waals surface area contributed by atoms with Gasteiger partial charge in [0.1, 0.15) is 17.9 Å². The monoisotopic (exact) mass is 398 g/mol. The Morgan fingerprint density at radius 2 is 2.04 bits per heavy atom. The van der Waals surface area contributed by atoms with Crippen LogP contribution in [0, 0.1) is 5.21 Å². The molecule has 9 heteroatoms. The van der Waals surface area contributed by atoms with Gasteiger partial charge in [0, 0.05) is 7.05 Å². The number of para-hydroxylation sites is 2. The molecule has 0 saturated heterocycles. The van der Waals surface area contributed by atoms with Gasteiger partial charge in [0.05, 0.1) is 11.7 Å². The van der Waals surface area contributed by atoms with Crippen LogP contribution in [0.5, 0.6) is 5.75 Å². The van der Waals surface area contributed by atoms with Gasteiger partial charge in [-0.3, -0.25) is 4.79 Å². The number of amides is 1. The molecule has 0 bridgehead atoms. The van der Waals surface area contributed by atoms with Crippen molar-refractivity contribution >= 4 is 35.0 Å². The minimum atomic E-state index is -0.450. The highest BCUT2D eigenvalue weighted by Crippen LogP contribution is 2.25. The summed E-state index contributed by atoms with van der Waals surface area (Å²) < 4.78 is 11.9. The van der Waals surface area contributed by atoms with E-state index in [1.54, 1.807) is 0 Å². The second-order valence-electron chi connectivity index (χ2n) is 6.35. The van der Waals surface area contributed by atoms with E-state index in [4.69, 9.17) is 9.15 Å². The van der Waals surface area contributed by atoms with E-state index in [0.717, 1.165) is 34.4 Å². The molecule has 28 heavy (non-hydrogen) atoms. The number of fused-ring (bicyclic) bond motifs is 1. The molecule has 2 heterocycles. The minimum Gasteiger partial charge on any atom is -0.586 e. The van der Waals surface area contributed by atoms with E-state index in [0.29, 0.717) is 29.9 Å². The number of rotatable bonds is 7. The van der Waals surface area contributed by atoms with Gasteiger partial charge in [-0.25, -0.2) is 0 Å². The molecular formula is C19H18N4O4S. The Kier molecular flexibility index (Phi) is 5.16. The van der Waals surface area contributed by atoms with Gasteiger partial charge >= 0.3 is 5.91 Å². The van der Waals surface area contributed by atoms with Crippen molar-refractivity contribution in [1.82, 2.24) is 4.98 Å². The quantitative estimate of drug-likeness (QED) is 0.342. The van der Waals surface area contributed by atoms with Crippen molar-refractivity contribution in [2.45, 2.75) is 11.7 Å². The highest BCUT2D eigenvalue weighted by molar-refractivity contribution is 7.95. The van der Waals surface area contributed by atoms with Crippen molar-refractivity contribution in [2.24, 2.45) is 5.11 Å². The number of carbonyl (C=O) groups excluding carboxylic acids is 1. The van der Waals surface area contributed by atoms with Crippen LogP contribution < -0.4 is 9.64 Å². The van der Waals surface area contributed by atoms with Crippen LogP contribution in [0.15, 0.2) is 58.1 Å². The maximum Gasteiger partial charge on any atom is 0.330 e. The molecule has 1 aliphatic heterocycles. The Morgan fingerprint density at radius 1 is 1.25 bits per heavy atom. The molecule has 0 aliphatic carbocycles. The Bertz CT molecular complexity index is 985. The molecule has 0 spiro atoms. The number of hydrogen-bond donors (Lipinski definition) is 0. The zero-order valence-corrected chi connectivity index (χ0v) is 16.0. The Morgan fingerprint density at radius 3 is 2.75 bits per heavy atom. The van der Waals surface area contributed by atoms with Crippen LogP contribution in [0.2, 0.25) is 0 Å². The van der Waals surface area contributed by atoms with Crippen molar-refractivity contribution < 1.29 is 18.2 Å². The smallest absolute Gasteiger partial charge is 0.330 e. The first-order valence-electron chi connectivity index (χ1n) is 8.76. The molecule has 0 radical (unpaired) electrons. The fraction of sp³-hybridized carbons (Fsp3) is 0.263. The van der Waals surface area contributed by atoms with Crippen LogP contribution in [0.3, 0.4) is 0 Å². The first-order chi connectivity index (χ1) is 13.6. The Hall–Kier alpha value is -3.07. The van der Waals surface area contributed by atoms with E-state index >= 15 is 0 Å². The first-order valence-corrected chi connectivity index (χ1v) is 9.60. The van der Waals surface area contributed by atoms with Crippen LogP contribution in [-0.4, -0.2) is 40.6 Å². The lowest BCUT2D eigenvalue weighted by Crippen LogP contribution is -2.23. The summed E-state index contributed by atoms with van der Waals surface area (Å²) in [4.78, 5) is 17.9. The third kappa shape index (κ3) is 4.09. The molecule has 3 aromatic rings. The lowest BCUT2D eigenvalue weighted by atomic mass is 10.1. The molecule has 8 nitrogen and oxygen atoms in total. The molecule has 0 N–H and O–H groups in total. The van der Waals surface area contributed by atoms with E-state index < -0.39 is 5.25 Å². The number of benzene rings is 2. The van der Waals surface area contributed by atoms with Crippen LogP contribution >= 0.6 is 11.9 Å². The van der Waals surface area contributed by atoms with Crippen LogP contribution in [0.1, 0.15) is 5.56 Å². The number of nitrogens with zero attached hydrogens (tertiary/aromatic N) is 4. The summed E-state index contributed by atoms with van der Waals surface area (Å²) in [6.07, 6.45) is 0.465. The van der Waals surface area contributed by atoms with Gasteiger partial charge in [-0.2, -0.15) is 4.98 Å². The lowest BCUT2D eigenvalue weighted by molar-refractivity contribution is -0.336. The van der Waals surface area contributed by atoms with Crippen LogP contribution in [-0.2, 0) is 11.2 Å². The molecule has 0 fully saturated rings. The van der Waals surface area contributed by atoms with Gasteiger partial charge in [-0.05, 0) is 40.5 Å². The molecule has 4 rings (SSSR count). The summed E-state index contributed by atoms with van der Waals surface area (Å²) in [5, 5.41) is 14.0. The number of aromatic nitrogens is 1. The van der Waals surface area contributed by atoms with Gasteiger partial charge in [-0.15, -0.1) is 0 Å². The number of likely N-dealkylation sites (N-methyl/N-ethyl adjacent to an activating group) is 1. The maximum atomic E-state index is 11.6. The lowest BCUT2D eigenvalue weighted by Gasteiger charge is -2.15. The first kappa shape index (κ1) is 18.3. The third-order valence-corrected chi connectivity index (χ3v) is 5.21. The summed E-state index contributed by atoms with van der Waals surface area (Å²) in [6.45, 7) is 1.08. The van der Waals surface area contributed by atoms with Crippen molar-refractivity contribution in [1.29, 1.82) is 0 Å². The van der Waals surface area contributed by atoms with E-state index in [1.165, 1.54) is 0 Å². The van der Waals surface area contributed by atoms with Gasteiger partial charge in [0.2, 0.25) is 11.9 Å². The second kappa shape index (κ2) is 7.89. The van der Waals surface area contributed by atoms with Crippen LogP contribution in [0.4, 0.5) is 6.01 Å². The van der Waals surface area contributed by atoms with E-state index in [9.17, 15) is 10.0 Å². The Labute approximate surface area is 165 Å². The fourth-order valence-electron chi connectivity index (χ4n) is 2.80. The zero-order chi connectivity index (χ0) is 19.5. The summed E-state index contributed by atoms with van der Waals surface area (Å²) >= 11 is 0.899. The van der Waals surface area contributed by atoms with E-state index in [1.807, 2.05) is 60.5 Å². The molecule has 1 aliphatic rings. The molecule has 1 atom stereocenters. The van der Waals surface area contributed by atoms with Gasteiger partial charge < -0.3 is 19.3 Å². The van der Waals surface area contributed by atoms with Crippen molar-refractivity contribution in [3.8, 4) is 5.75 Å². The number of oxazole rings is 1. The molecule has 1 unspecified atom stereocenters. The van der Waals surface area contributed by atoms with Crippen molar-refractivity contribution in [3.05, 3.63) is 59.3 Å². The molecule has 144 valence electrons. The SMILES string of the molecule is CN(CCOc1ccc(CC2S[N+]([O-])=NC2=O)cc1)c1nc2ccccc2o1. The number of hydrogen-bond acceptors (Lipinski definition) is 7. The number of anilines is 1. The predicted octanol–water partition coefficient (Wildman–Crippen LogP) is 3.41. The summed E-state index contributed by atoms with van der Waals surface area (Å²) in [6, 6.07) is 15.7. The van der Waals surface area contributed by atoms with Gasteiger partial charge in [0.15, 0.2) is 10.8 Å². The Balaban J connectivity index is 1.27. The molecule has 0 saturated carbocycles. The second-order valence-corrected chi connectivity index (χ2v) is 7.44. The molecule has 1 aromatic heterocycles. The molecule has 1 amide bonds. The van der Waals surface area contributed by atoms with Gasteiger partial charge in [0.25, 0.3) is 6.01 Å². The average Bonchev–Trinajstić information content (AvgIpc) is 3.26. The normalized spacial score (nSPS) is 16.4. The highest BCUT2D eigenvalue weighted by Gasteiger charge is 2.34. The van der Waals surface area contributed by atoms with Crippen LogP contribution in [0.25, 0.3) is 11.1 Å². The van der Waals surface area contributed by atoms with Crippen molar-refractivity contribution in [3.63, 3.8) is 0 Å². The minimum absolute atomic E-state index is 0.373. The largest absolute Gasteiger partial charge is 0.586 e.